The lowest BCUT2D eigenvalue weighted by Gasteiger charge is -2.51. The molecule has 27 heavy (non-hydrogen) atoms. The fourth-order valence-electron chi connectivity index (χ4n) is 6.13. The molecule has 3 aliphatic heterocycles. The Bertz CT molecular complexity index is 583. The van der Waals surface area contributed by atoms with Gasteiger partial charge < -0.3 is 14.5 Å². The largest absolute Gasteiger partial charge is 0.450 e. The molecule has 6 heteroatoms. The van der Waals surface area contributed by atoms with Gasteiger partial charge in [0.15, 0.2) is 0 Å². The Morgan fingerprint density at radius 3 is 2.33 bits per heavy atom. The summed E-state index contributed by atoms with van der Waals surface area (Å²) in [5, 5.41) is 0. The predicted molar refractivity (Wildman–Crippen MR) is 103 cm³/mol. The molecule has 4 unspecified atom stereocenters. The third-order valence-electron chi connectivity index (χ3n) is 7.53. The number of carbonyl (C=O) groups excluding carboxylic acids is 2. The molecule has 0 aromatic carbocycles. The van der Waals surface area contributed by atoms with Crippen LogP contribution < -0.4 is 0 Å². The fourth-order valence-corrected chi connectivity index (χ4v) is 6.13. The number of hydrogen-bond donors (Lipinski definition) is 0. The minimum Gasteiger partial charge on any atom is -0.450 e. The van der Waals surface area contributed by atoms with Crippen LogP contribution in [0.5, 0.6) is 0 Å². The predicted octanol–water partition coefficient (Wildman–Crippen LogP) is 2.43. The van der Waals surface area contributed by atoms with Gasteiger partial charge in [0.25, 0.3) is 0 Å². The summed E-state index contributed by atoms with van der Waals surface area (Å²) in [6.45, 7) is 12.4. The molecule has 152 valence electrons. The Morgan fingerprint density at radius 1 is 1.11 bits per heavy atom. The first-order valence-corrected chi connectivity index (χ1v) is 10.9. The Morgan fingerprint density at radius 2 is 1.81 bits per heavy atom. The molecule has 0 aromatic rings. The number of fused-ring (bicyclic) bond motifs is 4. The van der Waals surface area contributed by atoms with Crippen LogP contribution in [0.25, 0.3) is 0 Å². The number of amides is 2. The van der Waals surface area contributed by atoms with Gasteiger partial charge in [-0.05, 0) is 64.7 Å². The monoisotopic (exact) mass is 377 g/mol. The maximum atomic E-state index is 12.8. The van der Waals surface area contributed by atoms with E-state index in [1.54, 1.807) is 0 Å². The average Bonchev–Trinajstić information content (AvgIpc) is 3.16. The maximum absolute atomic E-state index is 12.8. The summed E-state index contributed by atoms with van der Waals surface area (Å²) >= 11 is 0. The lowest BCUT2D eigenvalue weighted by atomic mass is 9.75. The average molecular weight is 378 g/mol. The molecule has 2 amide bonds. The van der Waals surface area contributed by atoms with Crippen molar-refractivity contribution < 1.29 is 14.3 Å². The second-order valence-corrected chi connectivity index (χ2v) is 9.17. The van der Waals surface area contributed by atoms with Gasteiger partial charge in [0.05, 0.1) is 6.61 Å². The van der Waals surface area contributed by atoms with Gasteiger partial charge in [-0.2, -0.15) is 0 Å². The van der Waals surface area contributed by atoms with E-state index >= 15 is 0 Å². The molecule has 2 bridgehead atoms. The lowest BCUT2D eigenvalue weighted by molar-refractivity contribution is -0.135. The van der Waals surface area contributed by atoms with Crippen molar-refractivity contribution in [2.75, 3.05) is 32.8 Å². The number of piperidine rings is 3. The van der Waals surface area contributed by atoms with Crippen LogP contribution in [0.4, 0.5) is 4.79 Å². The molecule has 0 radical (unpaired) electrons. The molecule has 5 fully saturated rings. The Balaban J connectivity index is 1.33. The van der Waals surface area contributed by atoms with E-state index in [-0.39, 0.29) is 12.0 Å². The summed E-state index contributed by atoms with van der Waals surface area (Å²) in [7, 11) is 0. The van der Waals surface area contributed by atoms with Gasteiger partial charge in [0.1, 0.15) is 0 Å². The van der Waals surface area contributed by atoms with Crippen LogP contribution in [0.15, 0.2) is 0 Å². The van der Waals surface area contributed by atoms with Gasteiger partial charge in [0, 0.05) is 50.2 Å². The molecular formula is C21H35N3O3. The van der Waals surface area contributed by atoms with Crippen molar-refractivity contribution in [1.82, 2.24) is 14.7 Å². The molecule has 3 heterocycles. The molecule has 2 aliphatic carbocycles. The molecule has 5 aliphatic rings. The number of carbonyl (C=O) groups is 2. The van der Waals surface area contributed by atoms with E-state index in [1.165, 1.54) is 6.42 Å². The zero-order chi connectivity index (χ0) is 19.3. The third-order valence-corrected chi connectivity index (χ3v) is 7.53. The van der Waals surface area contributed by atoms with E-state index in [2.05, 4.69) is 25.7 Å². The van der Waals surface area contributed by atoms with E-state index in [1.807, 2.05) is 16.7 Å². The third kappa shape index (κ3) is 3.24. The quantitative estimate of drug-likeness (QED) is 0.738. The van der Waals surface area contributed by atoms with Crippen LogP contribution >= 0.6 is 0 Å². The number of nitrogens with zero attached hydrogens (tertiary/aromatic N) is 3. The van der Waals surface area contributed by atoms with E-state index in [4.69, 9.17) is 4.74 Å². The summed E-state index contributed by atoms with van der Waals surface area (Å²) in [4.78, 5) is 31.7. The normalized spacial score (nSPS) is 37.4. The first-order valence-electron chi connectivity index (χ1n) is 10.9. The van der Waals surface area contributed by atoms with Crippen LogP contribution in [0.3, 0.4) is 0 Å². The first kappa shape index (κ1) is 19.0. The highest BCUT2D eigenvalue weighted by Gasteiger charge is 2.62. The van der Waals surface area contributed by atoms with Crippen LogP contribution in [-0.2, 0) is 9.53 Å². The zero-order valence-corrected chi connectivity index (χ0v) is 17.3. The Kier molecular flexibility index (Phi) is 5.12. The van der Waals surface area contributed by atoms with E-state index in [9.17, 15) is 9.59 Å². The summed E-state index contributed by atoms with van der Waals surface area (Å²) in [5.41, 5.74) is 0. The smallest absolute Gasteiger partial charge is 0.410 e. The number of hydrogen-bond acceptors (Lipinski definition) is 4. The van der Waals surface area contributed by atoms with E-state index < -0.39 is 0 Å². The van der Waals surface area contributed by atoms with Crippen molar-refractivity contribution in [1.29, 1.82) is 0 Å². The number of ether oxygens (including phenoxy) is 1. The van der Waals surface area contributed by atoms with Crippen LogP contribution in [0.1, 0.15) is 47.0 Å². The second kappa shape index (κ2) is 7.26. The van der Waals surface area contributed by atoms with Gasteiger partial charge in [0.2, 0.25) is 5.91 Å². The van der Waals surface area contributed by atoms with Gasteiger partial charge in [-0.3, -0.25) is 9.69 Å². The van der Waals surface area contributed by atoms with Crippen molar-refractivity contribution in [3.63, 3.8) is 0 Å². The lowest BCUT2D eigenvalue weighted by Crippen LogP contribution is -2.60. The summed E-state index contributed by atoms with van der Waals surface area (Å²) in [6.07, 6.45) is 3.28. The Hall–Kier alpha value is -1.30. The summed E-state index contributed by atoms with van der Waals surface area (Å²) in [5.74, 6) is 2.33. The fraction of sp³-hybridized carbons (Fsp3) is 0.905. The van der Waals surface area contributed by atoms with E-state index in [0.717, 1.165) is 39.0 Å². The molecular weight excluding hydrogens is 342 g/mol. The molecule has 5 rings (SSSR count). The molecule has 6 nitrogen and oxygen atoms in total. The maximum Gasteiger partial charge on any atom is 0.410 e. The highest BCUT2D eigenvalue weighted by Crippen LogP contribution is 2.54. The van der Waals surface area contributed by atoms with Crippen LogP contribution in [0, 0.1) is 23.7 Å². The number of rotatable bonds is 5. The van der Waals surface area contributed by atoms with Gasteiger partial charge in [-0.15, -0.1) is 0 Å². The topological polar surface area (TPSA) is 53.1 Å². The molecule has 0 spiro atoms. The molecule has 2 saturated carbocycles. The van der Waals surface area contributed by atoms with Gasteiger partial charge >= 0.3 is 6.09 Å². The highest BCUT2D eigenvalue weighted by molar-refractivity contribution is 5.83. The summed E-state index contributed by atoms with van der Waals surface area (Å²) in [6, 6.07) is 1.22. The minimum atomic E-state index is -0.131. The first-order chi connectivity index (χ1) is 13.0. The van der Waals surface area contributed by atoms with Crippen molar-refractivity contribution in [2.45, 2.75) is 65.1 Å². The molecule has 6 atom stereocenters. The van der Waals surface area contributed by atoms with Crippen LogP contribution in [0.2, 0.25) is 0 Å². The highest BCUT2D eigenvalue weighted by atomic mass is 16.6. The Labute approximate surface area is 163 Å². The molecule has 0 N–H and O–H groups in total. The standard InChI is InChI=1S/C21H35N3O3/c1-5-23(13(3)4)20(25)19-16-11-22(12-17(16)19)18-9-15-8-7-14(18)10-24(15)21(26)27-6-2/h13-19H,5-12H2,1-4H3/t14?,15?,16-,17+,18?,19?. The van der Waals surface area contributed by atoms with Crippen molar-refractivity contribution in [3.05, 3.63) is 0 Å². The van der Waals surface area contributed by atoms with Crippen molar-refractivity contribution in [3.8, 4) is 0 Å². The van der Waals surface area contributed by atoms with Gasteiger partial charge in [-0.1, -0.05) is 0 Å². The van der Waals surface area contributed by atoms with E-state index in [0.29, 0.717) is 48.4 Å². The summed E-state index contributed by atoms with van der Waals surface area (Å²) < 4.78 is 5.24. The molecule has 3 saturated heterocycles. The number of likely N-dealkylation sites (tertiary alicyclic amines) is 1. The van der Waals surface area contributed by atoms with Crippen molar-refractivity contribution in [2.24, 2.45) is 23.7 Å². The zero-order valence-electron chi connectivity index (χ0n) is 17.3. The van der Waals surface area contributed by atoms with Gasteiger partial charge in [-0.25, -0.2) is 4.79 Å². The molecule has 0 aromatic heterocycles. The van der Waals surface area contributed by atoms with Crippen LogP contribution in [-0.4, -0.2) is 77.6 Å². The SMILES string of the molecule is CCOC(=O)N1CC2CCC1CC2N1C[C@@H]2C(C(=O)N(CC)C(C)C)[C@@H]2C1. The van der Waals surface area contributed by atoms with Crippen molar-refractivity contribution >= 4 is 12.0 Å². The second-order valence-electron chi connectivity index (χ2n) is 9.17. The minimum absolute atomic E-state index is 0.131.